The Morgan fingerprint density at radius 1 is 0.800 bits per heavy atom. The number of pyridine rings is 2. The number of anilines is 3. The lowest BCUT2D eigenvalue weighted by Crippen LogP contribution is -2.17. The summed E-state index contributed by atoms with van der Waals surface area (Å²) < 4.78 is 30.3. The Hall–Kier alpha value is -4.43. The van der Waals surface area contributed by atoms with Crippen molar-refractivity contribution in [3.8, 4) is 5.69 Å². The number of fused-ring (bicyclic) bond motifs is 1. The molecule has 35 heavy (non-hydrogen) atoms. The van der Waals surface area contributed by atoms with Crippen molar-refractivity contribution in [2.24, 2.45) is 0 Å². The van der Waals surface area contributed by atoms with E-state index in [9.17, 15) is 13.2 Å². The summed E-state index contributed by atoms with van der Waals surface area (Å²) in [6.45, 7) is 1.77. The molecule has 0 aliphatic carbocycles. The number of benzene rings is 3. The van der Waals surface area contributed by atoms with Crippen LogP contribution in [0.1, 0.15) is 5.56 Å². The monoisotopic (exact) mass is 482 g/mol. The molecule has 3 aromatic carbocycles. The standard InChI is InChI=1S/C27H22N4O3S/c1-19-17-24(30-35(33,34)22-15-9-4-10-16-22)29-27-26(19)23(32)18-25(28-20-11-5-2-6-12-20)31(27)21-13-7-3-8-14-21/h2-18,28H,1H3,(H,29,30). The number of nitrogens with zero attached hydrogens (tertiary/aromatic N) is 2. The second kappa shape index (κ2) is 9.08. The van der Waals surface area contributed by atoms with Crippen LogP contribution < -0.4 is 15.5 Å². The minimum atomic E-state index is -3.86. The fourth-order valence-electron chi connectivity index (χ4n) is 3.95. The van der Waals surface area contributed by atoms with E-state index in [4.69, 9.17) is 0 Å². The first kappa shape index (κ1) is 22.4. The molecule has 0 bridgehead atoms. The van der Waals surface area contributed by atoms with Gasteiger partial charge in [-0.2, -0.15) is 0 Å². The van der Waals surface area contributed by atoms with Gasteiger partial charge in [-0.15, -0.1) is 0 Å². The highest BCUT2D eigenvalue weighted by Crippen LogP contribution is 2.27. The van der Waals surface area contributed by atoms with Crippen molar-refractivity contribution in [3.63, 3.8) is 0 Å². The third-order valence-electron chi connectivity index (χ3n) is 5.52. The van der Waals surface area contributed by atoms with E-state index >= 15 is 0 Å². The lowest BCUT2D eigenvalue weighted by molar-refractivity contribution is 0.601. The van der Waals surface area contributed by atoms with Crippen LogP contribution in [-0.4, -0.2) is 18.0 Å². The van der Waals surface area contributed by atoms with Gasteiger partial charge in [0.05, 0.1) is 10.3 Å². The molecule has 0 spiro atoms. The molecule has 0 aliphatic rings. The van der Waals surface area contributed by atoms with Gasteiger partial charge in [0.15, 0.2) is 11.1 Å². The fourth-order valence-corrected chi connectivity index (χ4v) is 4.96. The molecule has 0 saturated carbocycles. The molecule has 2 aromatic heterocycles. The van der Waals surface area contributed by atoms with Crippen molar-refractivity contribution in [1.82, 2.24) is 9.55 Å². The van der Waals surface area contributed by atoms with E-state index in [1.54, 1.807) is 31.2 Å². The molecule has 0 fully saturated rings. The highest BCUT2D eigenvalue weighted by atomic mass is 32.2. The Morgan fingerprint density at radius 3 is 2.06 bits per heavy atom. The van der Waals surface area contributed by atoms with Gasteiger partial charge in [-0.3, -0.25) is 14.1 Å². The smallest absolute Gasteiger partial charge is 0.263 e. The van der Waals surface area contributed by atoms with Gasteiger partial charge in [-0.1, -0.05) is 54.6 Å². The molecule has 0 saturated heterocycles. The molecule has 5 aromatic rings. The van der Waals surface area contributed by atoms with E-state index in [-0.39, 0.29) is 16.1 Å². The topological polar surface area (TPSA) is 93.1 Å². The molecular formula is C27H22N4O3S. The first-order valence-corrected chi connectivity index (χ1v) is 12.4. The van der Waals surface area contributed by atoms with Crippen LogP contribution in [0.2, 0.25) is 0 Å². The van der Waals surface area contributed by atoms with Crippen LogP contribution >= 0.6 is 0 Å². The lowest BCUT2D eigenvalue weighted by Gasteiger charge is -2.19. The van der Waals surface area contributed by atoms with E-state index in [1.165, 1.54) is 18.2 Å². The van der Waals surface area contributed by atoms with Crippen molar-refractivity contribution in [2.45, 2.75) is 11.8 Å². The number of nitrogens with one attached hydrogen (secondary N) is 2. The van der Waals surface area contributed by atoms with Crippen molar-refractivity contribution < 1.29 is 8.42 Å². The van der Waals surface area contributed by atoms with Gasteiger partial charge >= 0.3 is 0 Å². The molecule has 2 N–H and O–H groups in total. The van der Waals surface area contributed by atoms with Gasteiger partial charge in [0, 0.05) is 17.4 Å². The Labute approximate surface area is 202 Å². The number of para-hydroxylation sites is 2. The average molecular weight is 483 g/mol. The summed E-state index contributed by atoms with van der Waals surface area (Å²) in [7, 11) is -3.86. The van der Waals surface area contributed by atoms with Crippen LogP contribution in [0, 0.1) is 6.92 Å². The second-order valence-electron chi connectivity index (χ2n) is 8.00. The Balaban J connectivity index is 1.73. The molecule has 7 nitrogen and oxygen atoms in total. The average Bonchev–Trinajstić information content (AvgIpc) is 2.85. The van der Waals surface area contributed by atoms with E-state index in [0.29, 0.717) is 22.4 Å². The van der Waals surface area contributed by atoms with E-state index in [0.717, 1.165) is 11.4 Å². The summed E-state index contributed by atoms with van der Waals surface area (Å²) in [6.07, 6.45) is 0. The number of aryl methyl sites for hydroxylation is 1. The second-order valence-corrected chi connectivity index (χ2v) is 9.68. The first-order valence-electron chi connectivity index (χ1n) is 11.0. The summed E-state index contributed by atoms with van der Waals surface area (Å²) in [4.78, 5) is 17.9. The third kappa shape index (κ3) is 4.51. The zero-order valence-electron chi connectivity index (χ0n) is 18.8. The summed E-state index contributed by atoms with van der Waals surface area (Å²) >= 11 is 0. The van der Waals surface area contributed by atoms with Gasteiger partial charge < -0.3 is 5.32 Å². The Kier molecular flexibility index (Phi) is 5.80. The maximum absolute atomic E-state index is 13.2. The highest BCUT2D eigenvalue weighted by Gasteiger charge is 2.19. The van der Waals surface area contributed by atoms with Gasteiger partial charge in [0.25, 0.3) is 10.0 Å². The normalized spacial score (nSPS) is 11.3. The molecular weight excluding hydrogens is 460 g/mol. The summed E-state index contributed by atoms with van der Waals surface area (Å²) in [5.74, 6) is 0.634. The Morgan fingerprint density at radius 2 is 1.40 bits per heavy atom. The zero-order chi connectivity index (χ0) is 24.4. The molecule has 0 atom stereocenters. The largest absolute Gasteiger partial charge is 0.341 e. The predicted octanol–water partition coefficient (Wildman–Crippen LogP) is 5.24. The van der Waals surface area contributed by atoms with Crippen molar-refractivity contribution >= 4 is 38.4 Å². The summed E-state index contributed by atoms with van der Waals surface area (Å²) in [6, 6.07) is 30.2. The minimum Gasteiger partial charge on any atom is -0.341 e. The van der Waals surface area contributed by atoms with Crippen LogP contribution in [0.5, 0.6) is 0 Å². The molecule has 5 rings (SSSR count). The van der Waals surface area contributed by atoms with Crippen molar-refractivity contribution in [1.29, 1.82) is 0 Å². The van der Waals surface area contributed by atoms with E-state index in [2.05, 4.69) is 15.0 Å². The van der Waals surface area contributed by atoms with Crippen LogP contribution in [0.15, 0.2) is 113 Å². The molecule has 2 heterocycles. The highest BCUT2D eigenvalue weighted by molar-refractivity contribution is 7.92. The SMILES string of the molecule is Cc1cc(NS(=O)(=O)c2ccccc2)nc2c1c(=O)cc(Nc1ccccc1)n2-c1ccccc1. The number of hydrogen-bond acceptors (Lipinski definition) is 5. The van der Waals surface area contributed by atoms with E-state index in [1.807, 2.05) is 65.2 Å². The van der Waals surface area contributed by atoms with Crippen LogP contribution in [0.4, 0.5) is 17.3 Å². The lowest BCUT2D eigenvalue weighted by atomic mass is 10.1. The fraction of sp³-hybridized carbons (Fsp3) is 0.0370. The van der Waals surface area contributed by atoms with Crippen molar-refractivity contribution in [3.05, 3.63) is 119 Å². The van der Waals surface area contributed by atoms with E-state index < -0.39 is 10.0 Å². The third-order valence-corrected chi connectivity index (χ3v) is 6.89. The molecule has 174 valence electrons. The summed E-state index contributed by atoms with van der Waals surface area (Å²) in [5.41, 5.74) is 2.31. The van der Waals surface area contributed by atoms with Crippen LogP contribution in [-0.2, 0) is 10.0 Å². The molecule has 0 aliphatic heterocycles. The maximum Gasteiger partial charge on any atom is 0.263 e. The Bertz CT molecular complexity index is 1670. The van der Waals surface area contributed by atoms with Gasteiger partial charge in [-0.05, 0) is 55.0 Å². The predicted molar refractivity (Wildman–Crippen MR) is 139 cm³/mol. The number of rotatable bonds is 6. The maximum atomic E-state index is 13.2. The number of aromatic nitrogens is 2. The molecule has 0 radical (unpaired) electrons. The number of hydrogen-bond donors (Lipinski definition) is 2. The summed E-state index contributed by atoms with van der Waals surface area (Å²) in [5, 5.41) is 3.71. The van der Waals surface area contributed by atoms with Crippen LogP contribution in [0.25, 0.3) is 16.7 Å². The molecule has 0 amide bonds. The zero-order valence-corrected chi connectivity index (χ0v) is 19.7. The van der Waals surface area contributed by atoms with Gasteiger partial charge in [-0.25, -0.2) is 13.4 Å². The molecule has 0 unspecified atom stereocenters. The van der Waals surface area contributed by atoms with Crippen molar-refractivity contribution in [2.75, 3.05) is 10.0 Å². The first-order chi connectivity index (χ1) is 16.9. The van der Waals surface area contributed by atoms with Gasteiger partial charge in [0.2, 0.25) is 0 Å². The van der Waals surface area contributed by atoms with Gasteiger partial charge in [0.1, 0.15) is 11.6 Å². The quantitative estimate of drug-likeness (QED) is 0.345. The number of sulfonamides is 1. The molecule has 8 heteroatoms. The minimum absolute atomic E-state index is 0.125. The van der Waals surface area contributed by atoms with Crippen LogP contribution in [0.3, 0.4) is 0 Å².